The Kier molecular flexibility index (Phi) is 3.50. The first-order chi connectivity index (χ1) is 11.6. The second-order valence-electron chi connectivity index (χ2n) is 5.59. The van der Waals surface area contributed by atoms with Gasteiger partial charge in [-0.2, -0.15) is 0 Å². The van der Waals surface area contributed by atoms with Crippen molar-refractivity contribution in [3.8, 4) is 11.5 Å². The summed E-state index contributed by atoms with van der Waals surface area (Å²) in [6.45, 7) is 0.235. The number of benzene rings is 2. The molecule has 3 aromatic rings. The molecule has 0 unspecified atom stereocenters. The maximum absolute atomic E-state index is 12.5. The topological polar surface area (TPSA) is 63.7 Å². The van der Waals surface area contributed by atoms with E-state index < -0.39 is 0 Å². The highest BCUT2D eigenvalue weighted by Gasteiger charge is 2.17. The maximum Gasteiger partial charge on any atom is 0.257 e. The highest BCUT2D eigenvalue weighted by atomic mass is 32.1. The first-order valence-electron chi connectivity index (χ1n) is 7.39. The fourth-order valence-corrected chi connectivity index (χ4v) is 3.34. The van der Waals surface area contributed by atoms with Crippen LogP contribution in [0, 0.1) is 0 Å². The maximum atomic E-state index is 12.5. The number of nitrogens with zero attached hydrogens (tertiary/aromatic N) is 2. The molecule has 0 saturated carbocycles. The second-order valence-corrected chi connectivity index (χ2v) is 6.62. The third-order valence-corrected chi connectivity index (χ3v) is 4.66. The fraction of sp³-hybridized carbons (Fsp3) is 0.176. The molecule has 24 heavy (non-hydrogen) atoms. The molecule has 7 heteroatoms. The number of hydrogen-bond acceptors (Lipinski definition) is 6. The van der Waals surface area contributed by atoms with Crippen molar-refractivity contribution in [1.82, 2.24) is 4.98 Å². The van der Waals surface area contributed by atoms with Gasteiger partial charge in [0.15, 0.2) is 16.6 Å². The number of nitrogens with one attached hydrogen (secondary N) is 1. The second kappa shape index (κ2) is 5.68. The van der Waals surface area contributed by atoms with Gasteiger partial charge in [-0.25, -0.2) is 4.98 Å². The predicted molar refractivity (Wildman–Crippen MR) is 94.5 cm³/mol. The smallest absolute Gasteiger partial charge is 0.257 e. The normalized spacial score (nSPS) is 12.4. The summed E-state index contributed by atoms with van der Waals surface area (Å²) in [6.07, 6.45) is 0. The first-order valence-corrected chi connectivity index (χ1v) is 8.21. The molecule has 4 rings (SSSR count). The summed E-state index contributed by atoms with van der Waals surface area (Å²) < 4.78 is 11.7. The van der Waals surface area contributed by atoms with Gasteiger partial charge in [-0.1, -0.05) is 17.4 Å². The monoisotopic (exact) mass is 341 g/mol. The van der Waals surface area contributed by atoms with Crippen LogP contribution in [0.3, 0.4) is 0 Å². The minimum absolute atomic E-state index is 0.183. The number of thiazole rings is 1. The average Bonchev–Trinajstić information content (AvgIpc) is 3.17. The summed E-state index contributed by atoms with van der Waals surface area (Å²) in [5.41, 5.74) is 2.34. The van der Waals surface area contributed by atoms with Crippen LogP contribution in [0.4, 0.5) is 10.8 Å². The van der Waals surface area contributed by atoms with Crippen LogP contribution in [0.5, 0.6) is 11.5 Å². The number of aromatic nitrogens is 1. The van der Waals surface area contributed by atoms with Crippen molar-refractivity contribution in [3.05, 3.63) is 42.0 Å². The molecule has 2 heterocycles. The molecular weight excluding hydrogens is 326 g/mol. The lowest BCUT2D eigenvalue weighted by atomic mass is 10.2. The number of carbonyl (C=O) groups excluding carboxylic acids is 1. The van der Waals surface area contributed by atoms with Gasteiger partial charge in [0.05, 0.1) is 10.2 Å². The lowest BCUT2D eigenvalue weighted by molar-refractivity contribution is 0.102. The average molecular weight is 341 g/mol. The molecular formula is C17H15N3O3S. The zero-order valence-corrected chi connectivity index (χ0v) is 14.0. The Morgan fingerprint density at radius 2 is 2.00 bits per heavy atom. The molecule has 0 saturated heterocycles. The van der Waals surface area contributed by atoms with Crippen molar-refractivity contribution >= 4 is 38.3 Å². The van der Waals surface area contributed by atoms with Gasteiger partial charge in [0.2, 0.25) is 6.79 Å². The van der Waals surface area contributed by atoms with Crippen LogP contribution in [0.15, 0.2) is 36.4 Å². The molecule has 6 nitrogen and oxygen atoms in total. The SMILES string of the molecule is CN(C)c1cccc(C(=O)Nc2nc3cc4c(cc3s2)OCO4)c1. The van der Waals surface area contributed by atoms with Crippen LogP contribution in [0.2, 0.25) is 0 Å². The molecule has 0 atom stereocenters. The van der Waals surface area contributed by atoms with Gasteiger partial charge < -0.3 is 14.4 Å². The number of carbonyl (C=O) groups is 1. The van der Waals surface area contributed by atoms with E-state index in [0.717, 1.165) is 15.9 Å². The molecule has 1 aliphatic heterocycles. The molecule has 1 N–H and O–H groups in total. The lowest BCUT2D eigenvalue weighted by Crippen LogP contribution is -2.14. The van der Waals surface area contributed by atoms with Crippen molar-refractivity contribution < 1.29 is 14.3 Å². The van der Waals surface area contributed by atoms with Crippen molar-refractivity contribution in [1.29, 1.82) is 0 Å². The first kappa shape index (κ1) is 14.8. The summed E-state index contributed by atoms with van der Waals surface area (Å²) in [6, 6.07) is 11.2. The molecule has 1 amide bonds. The van der Waals surface area contributed by atoms with Gasteiger partial charge in [0, 0.05) is 37.5 Å². The van der Waals surface area contributed by atoms with Crippen LogP contribution in [0.25, 0.3) is 10.2 Å². The van der Waals surface area contributed by atoms with E-state index >= 15 is 0 Å². The zero-order chi connectivity index (χ0) is 16.7. The minimum atomic E-state index is -0.183. The quantitative estimate of drug-likeness (QED) is 0.791. The Hall–Kier alpha value is -2.80. The number of hydrogen-bond donors (Lipinski definition) is 1. The third kappa shape index (κ3) is 2.63. The van der Waals surface area contributed by atoms with Crippen LogP contribution in [0.1, 0.15) is 10.4 Å². The van der Waals surface area contributed by atoms with E-state index in [1.807, 2.05) is 49.3 Å². The third-order valence-electron chi connectivity index (χ3n) is 3.73. The molecule has 0 bridgehead atoms. The highest BCUT2D eigenvalue weighted by molar-refractivity contribution is 7.22. The van der Waals surface area contributed by atoms with Gasteiger partial charge in [0.1, 0.15) is 0 Å². The largest absolute Gasteiger partial charge is 0.454 e. The van der Waals surface area contributed by atoms with Crippen LogP contribution in [-0.2, 0) is 0 Å². The van der Waals surface area contributed by atoms with Crippen molar-refractivity contribution in [2.45, 2.75) is 0 Å². The number of fused-ring (bicyclic) bond motifs is 2. The number of ether oxygens (including phenoxy) is 2. The van der Waals surface area contributed by atoms with E-state index in [4.69, 9.17) is 9.47 Å². The summed E-state index contributed by atoms with van der Waals surface area (Å²) in [5, 5.41) is 3.41. The van der Waals surface area contributed by atoms with Gasteiger partial charge >= 0.3 is 0 Å². The summed E-state index contributed by atoms with van der Waals surface area (Å²) in [5.74, 6) is 1.21. The summed E-state index contributed by atoms with van der Waals surface area (Å²) in [7, 11) is 3.88. The Labute approximate surface area is 142 Å². The molecule has 0 aliphatic carbocycles. The Morgan fingerprint density at radius 1 is 1.21 bits per heavy atom. The number of rotatable bonds is 3. The van der Waals surface area contributed by atoms with Crippen LogP contribution >= 0.6 is 11.3 Å². The van der Waals surface area contributed by atoms with E-state index in [1.54, 1.807) is 6.07 Å². The van der Waals surface area contributed by atoms with Crippen LogP contribution < -0.4 is 19.7 Å². The minimum Gasteiger partial charge on any atom is -0.454 e. The molecule has 1 aliphatic rings. The van der Waals surface area contributed by atoms with E-state index in [2.05, 4.69) is 10.3 Å². The zero-order valence-electron chi connectivity index (χ0n) is 13.2. The van der Waals surface area contributed by atoms with Gasteiger partial charge in [-0.15, -0.1) is 0 Å². The van der Waals surface area contributed by atoms with E-state index in [9.17, 15) is 4.79 Å². The van der Waals surface area contributed by atoms with Gasteiger partial charge in [0.25, 0.3) is 5.91 Å². The summed E-state index contributed by atoms with van der Waals surface area (Å²) >= 11 is 1.41. The summed E-state index contributed by atoms with van der Waals surface area (Å²) in [4.78, 5) is 18.9. The molecule has 0 spiro atoms. The number of amides is 1. The van der Waals surface area contributed by atoms with Crippen LogP contribution in [-0.4, -0.2) is 31.8 Å². The molecule has 2 aromatic carbocycles. The van der Waals surface area contributed by atoms with Crippen molar-refractivity contribution in [2.75, 3.05) is 31.1 Å². The van der Waals surface area contributed by atoms with Crippen molar-refractivity contribution in [2.24, 2.45) is 0 Å². The standard InChI is InChI=1S/C17H15N3O3S/c1-20(2)11-5-3-4-10(6-11)16(21)19-17-18-12-7-13-14(23-9-22-13)8-15(12)24-17/h3-8H,9H2,1-2H3,(H,18,19,21). The van der Waals surface area contributed by atoms with Gasteiger partial charge in [-0.3, -0.25) is 10.1 Å². The van der Waals surface area contributed by atoms with E-state index in [0.29, 0.717) is 22.2 Å². The van der Waals surface area contributed by atoms with E-state index in [1.165, 1.54) is 11.3 Å². The fourth-order valence-electron chi connectivity index (χ4n) is 2.47. The van der Waals surface area contributed by atoms with Crippen molar-refractivity contribution in [3.63, 3.8) is 0 Å². The predicted octanol–water partition coefficient (Wildman–Crippen LogP) is 3.34. The molecule has 122 valence electrons. The number of anilines is 2. The Balaban J connectivity index is 1.60. The molecule has 1 aromatic heterocycles. The molecule has 0 radical (unpaired) electrons. The Morgan fingerprint density at radius 3 is 2.79 bits per heavy atom. The van der Waals surface area contributed by atoms with E-state index in [-0.39, 0.29) is 12.7 Å². The lowest BCUT2D eigenvalue weighted by Gasteiger charge is -2.13. The Bertz CT molecular complexity index is 895. The molecule has 0 fully saturated rings. The highest BCUT2D eigenvalue weighted by Crippen LogP contribution is 2.39. The van der Waals surface area contributed by atoms with Gasteiger partial charge in [-0.05, 0) is 18.2 Å².